The summed E-state index contributed by atoms with van der Waals surface area (Å²) in [5.41, 5.74) is 2.59. The number of carbonyl (C=O) groups is 2. The number of amides is 2. The SMILES string of the molecule is Cc1ccc(C(=O)N/C(=C\c2cn(S(=O)(=O)N(C)C)c3ccccc23)C(=O)N2CCCCC2)cc1. The first-order valence-electron chi connectivity index (χ1n) is 11.6. The maximum absolute atomic E-state index is 13.5. The number of nitrogens with zero attached hydrogens (tertiary/aromatic N) is 3. The molecule has 35 heavy (non-hydrogen) atoms. The quantitative estimate of drug-likeness (QED) is 0.532. The van der Waals surface area contributed by atoms with Crippen LogP contribution in [0.3, 0.4) is 0 Å². The van der Waals surface area contributed by atoms with E-state index in [1.807, 2.05) is 25.1 Å². The Kier molecular flexibility index (Phi) is 7.09. The fourth-order valence-corrected chi connectivity index (χ4v) is 5.14. The normalized spacial score (nSPS) is 15.0. The van der Waals surface area contributed by atoms with Gasteiger partial charge in [-0.2, -0.15) is 12.7 Å². The van der Waals surface area contributed by atoms with E-state index in [-0.39, 0.29) is 11.6 Å². The molecule has 2 aromatic carbocycles. The molecule has 0 spiro atoms. The number of hydrogen-bond acceptors (Lipinski definition) is 4. The van der Waals surface area contributed by atoms with Crippen LogP contribution in [-0.2, 0) is 15.0 Å². The standard InChI is InChI=1S/C26H30N4O4S/c1-19-11-13-20(14-12-19)25(31)27-23(26(32)29-15-7-4-8-16-29)17-21-18-30(35(33,34)28(2)3)24-10-6-5-9-22(21)24/h5-6,9-14,17-18H,4,7-8,15-16H2,1-3H3,(H,27,31)/b23-17-. The summed E-state index contributed by atoms with van der Waals surface area (Å²) in [5.74, 6) is -0.677. The first-order chi connectivity index (χ1) is 16.7. The highest BCUT2D eigenvalue weighted by Crippen LogP contribution is 2.26. The first-order valence-corrected chi connectivity index (χ1v) is 13.0. The predicted molar refractivity (Wildman–Crippen MR) is 137 cm³/mol. The molecule has 0 aliphatic carbocycles. The molecule has 2 amide bonds. The first kappa shape index (κ1) is 24.7. The molecule has 9 heteroatoms. The van der Waals surface area contributed by atoms with Crippen molar-refractivity contribution in [2.75, 3.05) is 27.2 Å². The van der Waals surface area contributed by atoms with Gasteiger partial charge in [0.25, 0.3) is 11.8 Å². The number of hydrogen-bond donors (Lipinski definition) is 1. The average molecular weight is 495 g/mol. The second-order valence-corrected chi connectivity index (χ2v) is 10.9. The maximum Gasteiger partial charge on any atom is 0.307 e. The lowest BCUT2D eigenvalue weighted by Gasteiger charge is -2.27. The van der Waals surface area contributed by atoms with Gasteiger partial charge in [-0.05, 0) is 50.5 Å². The van der Waals surface area contributed by atoms with Crippen molar-refractivity contribution in [1.29, 1.82) is 0 Å². The van der Waals surface area contributed by atoms with Crippen LogP contribution >= 0.6 is 0 Å². The van der Waals surface area contributed by atoms with Crippen LogP contribution in [0.2, 0.25) is 0 Å². The van der Waals surface area contributed by atoms with Gasteiger partial charge in [-0.15, -0.1) is 0 Å². The van der Waals surface area contributed by atoms with E-state index >= 15 is 0 Å². The van der Waals surface area contributed by atoms with E-state index in [0.717, 1.165) is 29.1 Å². The second-order valence-electron chi connectivity index (χ2n) is 8.92. The van der Waals surface area contributed by atoms with Gasteiger partial charge in [0.1, 0.15) is 5.70 Å². The molecule has 2 heterocycles. The Hall–Kier alpha value is -3.43. The van der Waals surface area contributed by atoms with Crippen LogP contribution < -0.4 is 5.32 Å². The molecular formula is C26H30N4O4S. The largest absolute Gasteiger partial charge is 0.337 e. The minimum atomic E-state index is -3.79. The van der Waals surface area contributed by atoms with Crippen LogP contribution in [0.5, 0.6) is 0 Å². The van der Waals surface area contributed by atoms with E-state index in [1.165, 1.54) is 24.3 Å². The summed E-state index contributed by atoms with van der Waals surface area (Å²) in [4.78, 5) is 28.2. The number of carbonyl (C=O) groups excluding carboxylic acids is 2. The number of rotatable bonds is 6. The van der Waals surface area contributed by atoms with Gasteiger partial charge in [0, 0.05) is 49.9 Å². The van der Waals surface area contributed by atoms with Crippen LogP contribution in [0.15, 0.2) is 60.4 Å². The Morgan fingerprint density at radius 3 is 2.29 bits per heavy atom. The molecule has 184 valence electrons. The van der Waals surface area contributed by atoms with Gasteiger partial charge >= 0.3 is 10.2 Å². The van der Waals surface area contributed by atoms with E-state index in [1.54, 1.807) is 41.3 Å². The van der Waals surface area contributed by atoms with Crippen LogP contribution in [0.1, 0.15) is 40.7 Å². The van der Waals surface area contributed by atoms with Crippen molar-refractivity contribution in [3.63, 3.8) is 0 Å². The molecule has 0 saturated carbocycles. The van der Waals surface area contributed by atoms with Crippen molar-refractivity contribution in [2.45, 2.75) is 26.2 Å². The molecule has 0 bridgehead atoms. The number of para-hydroxylation sites is 1. The summed E-state index contributed by atoms with van der Waals surface area (Å²) < 4.78 is 28.2. The predicted octanol–water partition coefficient (Wildman–Crippen LogP) is 3.39. The Morgan fingerprint density at radius 1 is 0.971 bits per heavy atom. The number of nitrogens with one attached hydrogen (secondary N) is 1. The number of aromatic nitrogens is 1. The van der Waals surface area contributed by atoms with E-state index in [4.69, 9.17) is 0 Å². The van der Waals surface area contributed by atoms with E-state index in [2.05, 4.69) is 5.32 Å². The summed E-state index contributed by atoms with van der Waals surface area (Å²) in [6.07, 6.45) is 5.94. The molecule has 0 radical (unpaired) electrons. The summed E-state index contributed by atoms with van der Waals surface area (Å²) in [5, 5.41) is 3.45. The minimum absolute atomic E-state index is 0.114. The molecule has 1 saturated heterocycles. The summed E-state index contributed by atoms with van der Waals surface area (Å²) in [6, 6.07) is 14.2. The highest BCUT2D eigenvalue weighted by atomic mass is 32.2. The van der Waals surface area contributed by atoms with Crippen molar-refractivity contribution in [3.8, 4) is 0 Å². The summed E-state index contributed by atoms with van der Waals surface area (Å²) in [6.45, 7) is 3.17. The highest BCUT2D eigenvalue weighted by molar-refractivity contribution is 7.87. The fourth-order valence-electron chi connectivity index (χ4n) is 4.13. The van der Waals surface area contributed by atoms with Gasteiger partial charge < -0.3 is 10.2 Å². The van der Waals surface area contributed by atoms with Gasteiger partial charge in [-0.3, -0.25) is 9.59 Å². The van der Waals surface area contributed by atoms with Gasteiger partial charge in [0.2, 0.25) is 0 Å². The number of aryl methyl sites for hydroxylation is 1. The molecule has 4 rings (SSSR count). The van der Waals surface area contributed by atoms with Crippen LogP contribution in [-0.4, -0.2) is 60.6 Å². The zero-order valence-electron chi connectivity index (χ0n) is 20.2. The number of likely N-dealkylation sites (tertiary alicyclic amines) is 1. The summed E-state index contributed by atoms with van der Waals surface area (Å²) in [7, 11) is -0.861. The fraction of sp³-hybridized carbons (Fsp3) is 0.308. The lowest BCUT2D eigenvalue weighted by molar-refractivity contribution is -0.128. The smallest absolute Gasteiger partial charge is 0.307 e. The van der Waals surface area contributed by atoms with E-state index in [0.29, 0.717) is 35.1 Å². The van der Waals surface area contributed by atoms with Crippen LogP contribution in [0, 0.1) is 6.92 Å². The maximum atomic E-state index is 13.5. The summed E-state index contributed by atoms with van der Waals surface area (Å²) >= 11 is 0. The molecule has 1 N–H and O–H groups in total. The van der Waals surface area contributed by atoms with E-state index < -0.39 is 16.1 Å². The van der Waals surface area contributed by atoms with Crippen molar-refractivity contribution >= 4 is 39.0 Å². The third-order valence-electron chi connectivity index (χ3n) is 6.15. The van der Waals surface area contributed by atoms with Gasteiger partial charge in [0.05, 0.1) is 5.52 Å². The Balaban J connectivity index is 1.80. The molecule has 1 aliphatic rings. The molecule has 1 aliphatic heterocycles. The molecule has 0 unspecified atom stereocenters. The molecule has 8 nitrogen and oxygen atoms in total. The number of piperidine rings is 1. The lowest BCUT2D eigenvalue weighted by atomic mass is 10.1. The molecule has 1 fully saturated rings. The Labute approximate surface area is 206 Å². The Bertz CT molecular complexity index is 1380. The lowest BCUT2D eigenvalue weighted by Crippen LogP contribution is -2.41. The molecule has 1 aromatic heterocycles. The number of fused-ring (bicyclic) bond motifs is 1. The third-order valence-corrected chi connectivity index (χ3v) is 7.88. The molecular weight excluding hydrogens is 464 g/mol. The Morgan fingerprint density at radius 2 is 1.63 bits per heavy atom. The zero-order chi connectivity index (χ0) is 25.2. The monoisotopic (exact) mass is 494 g/mol. The molecule has 3 aromatic rings. The van der Waals surface area contributed by atoms with E-state index in [9.17, 15) is 18.0 Å². The second kappa shape index (κ2) is 10.1. The van der Waals surface area contributed by atoms with Gasteiger partial charge in [0.15, 0.2) is 0 Å². The van der Waals surface area contributed by atoms with Crippen LogP contribution in [0.25, 0.3) is 17.0 Å². The third kappa shape index (κ3) is 5.16. The van der Waals surface area contributed by atoms with Crippen molar-refractivity contribution < 1.29 is 18.0 Å². The van der Waals surface area contributed by atoms with Crippen molar-refractivity contribution in [2.24, 2.45) is 0 Å². The number of benzene rings is 2. The van der Waals surface area contributed by atoms with Gasteiger partial charge in [-0.25, -0.2) is 3.97 Å². The van der Waals surface area contributed by atoms with Crippen molar-refractivity contribution in [1.82, 2.24) is 18.5 Å². The van der Waals surface area contributed by atoms with Crippen molar-refractivity contribution in [3.05, 3.63) is 77.1 Å². The molecule has 0 atom stereocenters. The topological polar surface area (TPSA) is 91.7 Å². The minimum Gasteiger partial charge on any atom is -0.337 e. The van der Waals surface area contributed by atoms with Crippen LogP contribution in [0.4, 0.5) is 0 Å². The zero-order valence-corrected chi connectivity index (χ0v) is 21.0. The average Bonchev–Trinajstić information content (AvgIpc) is 3.23. The van der Waals surface area contributed by atoms with Gasteiger partial charge in [-0.1, -0.05) is 35.9 Å². The highest BCUT2D eigenvalue weighted by Gasteiger charge is 2.25.